The van der Waals surface area contributed by atoms with Gasteiger partial charge in [-0.25, -0.2) is 4.90 Å². The molecule has 0 saturated carbocycles. The predicted molar refractivity (Wildman–Crippen MR) is 105 cm³/mol. The van der Waals surface area contributed by atoms with Gasteiger partial charge in [0.05, 0.1) is 16.8 Å². The molecule has 5 nitrogen and oxygen atoms in total. The maximum Gasteiger partial charge on any atom is 0.266 e. The first-order valence-corrected chi connectivity index (χ1v) is 9.02. The summed E-state index contributed by atoms with van der Waals surface area (Å²) in [5.41, 5.74) is 2.20. The molecule has 0 bridgehead atoms. The third-order valence-corrected chi connectivity index (χ3v) is 4.39. The first-order valence-electron chi connectivity index (χ1n) is 9.02. The Bertz CT molecular complexity index is 873. The molecule has 0 atom stereocenters. The van der Waals surface area contributed by atoms with Crippen LogP contribution in [-0.4, -0.2) is 23.4 Å². The van der Waals surface area contributed by atoms with Crippen molar-refractivity contribution in [2.45, 2.75) is 41.0 Å². The molecule has 5 heteroatoms. The molecule has 1 aliphatic rings. The summed E-state index contributed by atoms with van der Waals surface area (Å²) in [6.07, 6.45) is 0.854. The highest BCUT2D eigenvalue weighted by molar-refractivity contribution is 6.35. The minimum atomic E-state index is -0.484. The lowest BCUT2D eigenvalue weighted by atomic mass is 9.95. The minimum absolute atomic E-state index is 0.153. The number of ketones is 2. The average Bonchev–Trinajstić information content (AvgIpc) is 2.92. The molecule has 140 valence electrons. The quantitative estimate of drug-likeness (QED) is 0.591. The largest absolute Gasteiger partial charge is 0.294 e. The zero-order chi connectivity index (χ0) is 20.3. The van der Waals surface area contributed by atoms with Crippen LogP contribution in [0.3, 0.4) is 0 Å². The Hall–Kier alpha value is -3.08. The van der Waals surface area contributed by atoms with Gasteiger partial charge < -0.3 is 0 Å². The number of carbonyl (C=O) groups excluding carboxylic acids is 4. The number of carbonyl (C=O) groups is 4. The molecule has 0 N–H and O–H groups in total. The molecule has 0 aromatic heterocycles. The Balaban J connectivity index is 0.00000126. The average molecular weight is 365 g/mol. The van der Waals surface area contributed by atoms with E-state index in [1.807, 2.05) is 32.9 Å². The second-order valence-corrected chi connectivity index (χ2v) is 6.02. The molecule has 2 aromatic rings. The van der Waals surface area contributed by atoms with Crippen LogP contribution in [-0.2, 0) is 6.42 Å². The van der Waals surface area contributed by atoms with Crippen LogP contribution in [0.25, 0.3) is 0 Å². The summed E-state index contributed by atoms with van der Waals surface area (Å²) < 4.78 is 0. The lowest BCUT2D eigenvalue weighted by molar-refractivity contribution is 0.0925. The van der Waals surface area contributed by atoms with Crippen molar-refractivity contribution in [3.63, 3.8) is 0 Å². The van der Waals surface area contributed by atoms with Crippen LogP contribution in [0.2, 0.25) is 0 Å². The molecule has 0 saturated heterocycles. The van der Waals surface area contributed by atoms with Gasteiger partial charge in [0.25, 0.3) is 11.8 Å². The number of amides is 2. The zero-order valence-corrected chi connectivity index (χ0v) is 16.3. The van der Waals surface area contributed by atoms with Gasteiger partial charge in [-0.05, 0) is 50.1 Å². The molecule has 3 rings (SSSR count). The molecule has 27 heavy (non-hydrogen) atoms. The molecule has 2 amide bonds. The Kier molecular flexibility index (Phi) is 6.05. The van der Waals surface area contributed by atoms with Gasteiger partial charge in [0.15, 0.2) is 11.6 Å². The highest BCUT2D eigenvalue weighted by Crippen LogP contribution is 2.31. The topological polar surface area (TPSA) is 71.5 Å². The minimum Gasteiger partial charge on any atom is -0.294 e. The SMILES string of the molecule is CC.CCc1ccc(N2C(=O)c3cc(C(C)=O)c(C(C)=O)cc3C2=O)cc1. The smallest absolute Gasteiger partial charge is 0.266 e. The molecule has 0 unspecified atom stereocenters. The maximum absolute atomic E-state index is 12.7. The van der Waals surface area contributed by atoms with Gasteiger partial charge in [-0.2, -0.15) is 0 Å². The summed E-state index contributed by atoms with van der Waals surface area (Å²) in [5.74, 6) is -1.61. The van der Waals surface area contributed by atoms with Crippen molar-refractivity contribution in [3.8, 4) is 0 Å². The Morgan fingerprint density at radius 3 is 1.56 bits per heavy atom. The second kappa shape index (κ2) is 8.08. The molecule has 0 radical (unpaired) electrons. The van der Waals surface area contributed by atoms with E-state index in [1.165, 1.54) is 26.0 Å². The fraction of sp³-hybridized carbons (Fsp3) is 0.273. The Labute approximate surface area is 159 Å². The molecule has 1 heterocycles. The van der Waals surface area contributed by atoms with Crippen molar-refractivity contribution in [1.82, 2.24) is 0 Å². The van der Waals surface area contributed by atoms with E-state index in [2.05, 4.69) is 0 Å². The third-order valence-electron chi connectivity index (χ3n) is 4.39. The highest BCUT2D eigenvalue weighted by Gasteiger charge is 2.38. The number of Topliss-reactive ketones (excluding diaryl/α,β-unsaturated/α-hetero) is 2. The van der Waals surface area contributed by atoms with Crippen LogP contribution in [0.4, 0.5) is 5.69 Å². The molecular formula is C22H23NO4. The van der Waals surface area contributed by atoms with E-state index in [-0.39, 0.29) is 33.8 Å². The van der Waals surface area contributed by atoms with Gasteiger partial charge in [-0.1, -0.05) is 32.9 Å². The van der Waals surface area contributed by atoms with Crippen LogP contribution >= 0.6 is 0 Å². The maximum atomic E-state index is 12.7. The van der Waals surface area contributed by atoms with E-state index >= 15 is 0 Å². The Morgan fingerprint density at radius 2 is 1.22 bits per heavy atom. The van der Waals surface area contributed by atoms with E-state index in [0.717, 1.165) is 16.9 Å². The fourth-order valence-corrected chi connectivity index (χ4v) is 2.98. The van der Waals surface area contributed by atoms with Crippen molar-refractivity contribution in [2.75, 3.05) is 4.90 Å². The summed E-state index contributed by atoms with van der Waals surface area (Å²) >= 11 is 0. The summed E-state index contributed by atoms with van der Waals surface area (Å²) in [4.78, 5) is 50.2. The van der Waals surface area contributed by atoms with Crippen LogP contribution in [0.5, 0.6) is 0 Å². The third kappa shape index (κ3) is 3.58. The van der Waals surface area contributed by atoms with Crippen molar-refractivity contribution < 1.29 is 19.2 Å². The highest BCUT2D eigenvalue weighted by atomic mass is 16.2. The summed E-state index contributed by atoms with van der Waals surface area (Å²) in [7, 11) is 0. The van der Waals surface area contributed by atoms with Gasteiger partial charge in [0.2, 0.25) is 0 Å². The number of hydrogen-bond donors (Lipinski definition) is 0. The zero-order valence-electron chi connectivity index (χ0n) is 16.3. The van der Waals surface area contributed by atoms with Gasteiger partial charge in [0.1, 0.15) is 0 Å². The van der Waals surface area contributed by atoms with E-state index in [1.54, 1.807) is 12.1 Å². The molecule has 0 aliphatic carbocycles. The lowest BCUT2D eigenvalue weighted by Crippen LogP contribution is -2.29. The molecule has 2 aromatic carbocycles. The van der Waals surface area contributed by atoms with Crippen molar-refractivity contribution >= 4 is 29.1 Å². The van der Waals surface area contributed by atoms with E-state index in [0.29, 0.717) is 5.69 Å². The van der Waals surface area contributed by atoms with Crippen LogP contribution in [0.15, 0.2) is 36.4 Å². The lowest BCUT2D eigenvalue weighted by Gasteiger charge is -2.14. The van der Waals surface area contributed by atoms with Crippen LogP contribution in [0, 0.1) is 0 Å². The number of nitrogens with zero attached hydrogens (tertiary/aromatic N) is 1. The molecule has 1 aliphatic heterocycles. The first-order chi connectivity index (χ1) is 12.8. The van der Waals surface area contributed by atoms with Gasteiger partial charge in [-0.15, -0.1) is 0 Å². The number of anilines is 1. The number of rotatable bonds is 4. The van der Waals surface area contributed by atoms with Gasteiger partial charge >= 0.3 is 0 Å². The number of imide groups is 1. The molecule has 0 fully saturated rings. The Morgan fingerprint density at radius 1 is 0.815 bits per heavy atom. The van der Waals surface area contributed by atoms with E-state index in [4.69, 9.17) is 0 Å². The number of fused-ring (bicyclic) bond motifs is 1. The number of benzene rings is 2. The normalized spacial score (nSPS) is 12.4. The van der Waals surface area contributed by atoms with Gasteiger partial charge in [-0.3, -0.25) is 19.2 Å². The molecular weight excluding hydrogens is 342 g/mol. The first kappa shape index (κ1) is 20.2. The van der Waals surface area contributed by atoms with Crippen molar-refractivity contribution in [2.24, 2.45) is 0 Å². The van der Waals surface area contributed by atoms with Crippen LogP contribution < -0.4 is 4.90 Å². The van der Waals surface area contributed by atoms with Crippen molar-refractivity contribution in [1.29, 1.82) is 0 Å². The summed E-state index contributed by atoms with van der Waals surface area (Å²) in [6.45, 7) is 8.68. The van der Waals surface area contributed by atoms with Crippen molar-refractivity contribution in [3.05, 3.63) is 64.2 Å². The monoisotopic (exact) mass is 365 g/mol. The summed E-state index contributed by atoms with van der Waals surface area (Å²) in [6, 6.07) is 9.88. The summed E-state index contributed by atoms with van der Waals surface area (Å²) in [5, 5.41) is 0. The van der Waals surface area contributed by atoms with Gasteiger partial charge in [0, 0.05) is 11.1 Å². The van der Waals surface area contributed by atoms with E-state index in [9.17, 15) is 19.2 Å². The second-order valence-electron chi connectivity index (χ2n) is 6.02. The molecule has 0 spiro atoms. The fourth-order valence-electron chi connectivity index (χ4n) is 2.98. The standard InChI is InChI=1S/C20H17NO4.C2H6/c1-4-13-5-7-14(8-6-13)21-19(24)17-9-15(11(2)22)16(12(3)23)10-18(17)20(21)25;1-2/h5-10H,4H2,1-3H3;1-2H3. The number of aryl methyl sites for hydroxylation is 1. The van der Waals surface area contributed by atoms with E-state index < -0.39 is 11.8 Å². The predicted octanol–water partition coefficient (Wildman–Crippen LogP) is 4.48. The van der Waals surface area contributed by atoms with Crippen LogP contribution in [0.1, 0.15) is 81.6 Å². The number of hydrogen-bond acceptors (Lipinski definition) is 4.